The van der Waals surface area contributed by atoms with Gasteiger partial charge in [-0.3, -0.25) is 4.79 Å². The first-order chi connectivity index (χ1) is 5.48. The number of unbranched alkanes of at least 4 members (excludes halogenated alkanes) is 2. The molecular weight excluding hydrogens is 193 g/mol. The van der Waals surface area contributed by atoms with Crippen LogP contribution in [0.15, 0.2) is 0 Å². The lowest BCUT2D eigenvalue weighted by Crippen LogP contribution is -2.22. The van der Waals surface area contributed by atoms with Crippen molar-refractivity contribution in [1.29, 1.82) is 0 Å². The third-order valence-electron chi connectivity index (χ3n) is 1.35. The number of Topliss-reactive ketones (excluding diaryl/α,β-unsaturated/α-hetero) is 1. The summed E-state index contributed by atoms with van der Waals surface area (Å²) < 4.78 is 34.7. The molecule has 0 heterocycles. The van der Waals surface area contributed by atoms with Crippen molar-refractivity contribution in [2.45, 2.75) is 31.9 Å². The molecular formula is C7H10ClF3O. The Kier molecular flexibility index (Phi) is 5.29. The quantitative estimate of drug-likeness (QED) is 0.495. The summed E-state index contributed by atoms with van der Waals surface area (Å²) >= 11 is 5.30. The summed E-state index contributed by atoms with van der Waals surface area (Å²) in [5, 5.41) is 0. The number of carbonyl (C=O) groups excluding carboxylic acids is 1. The van der Waals surface area contributed by atoms with Crippen LogP contribution in [-0.2, 0) is 4.79 Å². The summed E-state index contributed by atoms with van der Waals surface area (Å²) in [5.41, 5.74) is 0. The zero-order valence-electron chi connectivity index (χ0n) is 6.46. The van der Waals surface area contributed by atoms with E-state index in [4.69, 9.17) is 11.6 Å². The molecule has 0 aliphatic heterocycles. The molecule has 12 heavy (non-hydrogen) atoms. The molecule has 5 heteroatoms. The maximum Gasteiger partial charge on any atom is 0.449 e. The number of carbonyl (C=O) groups is 1. The minimum atomic E-state index is -4.67. The monoisotopic (exact) mass is 202 g/mol. The Morgan fingerprint density at radius 3 is 2.17 bits per heavy atom. The first-order valence-corrected chi connectivity index (χ1v) is 4.18. The molecule has 0 atom stereocenters. The van der Waals surface area contributed by atoms with Gasteiger partial charge in [-0.1, -0.05) is 6.42 Å². The Balaban J connectivity index is 3.45. The third-order valence-corrected chi connectivity index (χ3v) is 1.62. The molecule has 0 aromatic heterocycles. The van der Waals surface area contributed by atoms with Gasteiger partial charge in [-0.2, -0.15) is 13.2 Å². The van der Waals surface area contributed by atoms with E-state index in [-0.39, 0.29) is 6.42 Å². The van der Waals surface area contributed by atoms with Crippen LogP contribution in [0.1, 0.15) is 25.7 Å². The van der Waals surface area contributed by atoms with E-state index < -0.39 is 18.4 Å². The van der Waals surface area contributed by atoms with Gasteiger partial charge in [0.05, 0.1) is 0 Å². The predicted octanol–water partition coefficient (Wildman–Crippen LogP) is 2.92. The van der Waals surface area contributed by atoms with Gasteiger partial charge in [-0.05, 0) is 12.8 Å². The summed E-state index contributed by atoms with van der Waals surface area (Å²) in [6.07, 6.45) is -3.58. The van der Waals surface area contributed by atoms with E-state index in [1.807, 2.05) is 0 Å². The number of ketones is 1. The molecule has 0 fully saturated rings. The second-order valence-electron chi connectivity index (χ2n) is 2.42. The molecule has 0 aliphatic carbocycles. The minimum Gasteiger partial charge on any atom is -0.290 e. The lowest BCUT2D eigenvalue weighted by atomic mass is 10.1. The predicted molar refractivity (Wildman–Crippen MR) is 40.3 cm³/mol. The van der Waals surface area contributed by atoms with E-state index in [2.05, 4.69) is 0 Å². The normalized spacial score (nSPS) is 11.7. The molecule has 0 N–H and O–H groups in total. The SMILES string of the molecule is O=C(CCCCCCl)C(F)(F)F. The second-order valence-corrected chi connectivity index (χ2v) is 2.80. The van der Waals surface area contributed by atoms with Gasteiger partial charge in [-0.25, -0.2) is 0 Å². The fraction of sp³-hybridized carbons (Fsp3) is 0.857. The zero-order chi connectivity index (χ0) is 9.61. The van der Waals surface area contributed by atoms with Crippen molar-refractivity contribution in [3.05, 3.63) is 0 Å². The lowest BCUT2D eigenvalue weighted by Gasteiger charge is -2.03. The van der Waals surface area contributed by atoms with Crippen molar-refractivity contribution in [1.82, 2.24) is 0 Å². The molecule has 0 radical (unpaired) electrons. The van der Waals surface area contributed by atoms with Crippen molar-refractivity contribution in [2.75, 3.05) is 5.88 Å². The standard InChI is InChI=1S/C7H10ClF3O/c8-5-3-1-2-4-6(12)7(9,10)11/h1-5H2. The molecule has 72 valence electrons. The molecule has 0 saturated carbocycles. The van der Waals surface area contributed by atoms with Gasteiger partial charge in [-0.15, -0.1) is 11.6 Å². The van der Waals surface area contributed by atoms with Crippen molar-refractivity contribution >= 4 is 17.4 Å². The molecule has 0 aliphatic rings. The van der Waals surface area contributed by atoms with E-state index in [0.717, 1.165) is 0 Å². The van der Waals surface area contributed by atoms with Gasteiger partial charge >= 0.3 is 6.18 Å². The van der Waals surface area contributed by atoms with E-state index in [9.17, 15) is 18.0 Å². The smallest absolute Gasteiger partial charge is 0.290 e. The maximum absolute atomic E-state index is 11.6. The lowest BCUT2D eigenvalue weighted by molar-refractivity contribution is -0.171. The topological polar surface area (TPSA) is 17.1 Å². The highest BCUT2D eigenvalue weighted by atomic mass is 35.5. The number of halogens is 4. The van der Waals surface area contributed by atoms with Crippen LogP contribution in [0.3, 0.4) is 0 Å². The molecule has 1 nitrogen and oxygen atoms in total. The fourth-order valence-electron chi connectivity index (χ4n) is 0.699. The molecule has 0 bridgehead atoms. The number of hydrogen-bond acceptors (Lipinski definition) is 1. The number of rotatable bonds is 5. The number of hydrogen-bond donors (Lipinski definition) is 0. The van der Waals surface area contributed by atoms with Crippen molar-refractivity contribution < 1.29 is 18.0 Å². The maximum atomic E-state index is 11.6. The van der Waals surface area contributed by atoms with E-state index in [1.165, 1.54) is 0 Å². The van der Waals surface area contributed by atoms with Gasteiger partial charge in [0.25, 0.3) is 0 Å². The highest BCUT2D eigenvalue weighted by Crippen LogP contribution is 2.19. The van der Waals surface area contributed by atoms with E-state index in [0.29, 0.717) is 18.7 Å². The molecule has 0 rings (SSSR count). The highest BCUT2D eigenvalue weighted by molar-refractivity contribution is 6.17. The van der Waals surface area contributed by atoms with Gasteiger partial charge in [0.1, 0.15) is 0 Å². The molecule has 0 unspecified atom stereocenters. The first-order valence-electron chi connectivity index (χ1n) is 3.64. The fourth-order valence-corrected chi connectivity index (χ4v) is 0.888. The average Bonchev–Trinajstić information content (AvgIpc) is 1.96. The zero-order valence-corrected chi connectivity index (χ0v) is 7.21. The minimum absolute atomic E-state index is 0.269. The highest BCUT2D eigenvalue weighted by Gasteiger charge is 2.36. The van der Waals surface area contributed by atoms with E-state index >= 15 is 0 Å². The molecule has 0 saturated heterocycles. The molecule has 0 amide bonds. The van der Waals surface area contributed by atoms with Crippen LogP contribution >= 0.6 is 11.6 Å². The van der Waals surface area contributed by atoms with Crippen molar-refractivity contribution in [3.8, 4) is 0 Å². The van der Waals surface area contributed by atoms with Gasteiger partial charge in [0, 0.05) is 12.3 Å². The molecule has 0 spiro atoms. The Morgan fingerprint density at radius 2 is 1.75 bits per heavy atom. The van der Waals surface area contributed by atoms with Crippen LogP contribution in [0.4, 0.5) is 13.2 Å². The van der Waals surface area contributed by atoms with Gasteiger partial charge in [0.15, 0.2) is 0 Å². The summed E-state index contributed by atoms with van der Waals surface area (Å²) in [4.78, 5) is 10.3. The van der Waals surface area contributed by atoms with Crippen LogP contribution in [0.5, 0.6) is 0 Å². The number of alkyl halides is 4. The van der Waals surface area contributed by atoms with E-state index in [1.54, 1.807) is 0 Å². The summed E-state index contributed by atoms with van der Waals surface area (Å²) in [6, 6.07) is 0. The summed E-state index contributed by atoms with van der Waals surface area (Å²) in [7, 11) is 0. The van der Waals surface area contributed by atoms with Gasteiger partial charge < -0.3 is 0 Å². The second kappa shape index (κ2) is 5.41. The average molecular weight is 203 g/mol. The Labute approximate surface area is 73.9 Å². The Morgan fingerprint density at radius 1 is 1.17 bits per heavy atom. The van der Waals surface area contributed by atoms with Crippen LogP contribution in [0.2, 0.25) is 0 Å². The third kappa shape index (κ3) is 5.41. The summed E-state index contributed by atoms with van der Waals surface area (Å²) in [6.45, 7) is 0. The van der Waals surface area contributed by atoms with Crippen LogP contribution in [-0.4, -0.2) is 17.8 Å². The van der Waals surface area contributed by atoms with Crippen LogP contribution < -0.4 is 0 Å². The largest absolute Gasteiger partial charge is 0.449 e. The van der Waals surface area contributed by atoms with Gasteiger partial charge in [0.2, 0.25) is 5.78 Å². The summed E-state index contributed by atoms with van der Waals surface area (Å²) in [5.74, 6) is -1.21. The van der Waals surface area contributed by atoms with Crippen molar-refractivity contribution in [2.24, 2.45) is 0 Å². The Hall–Kier alpha value is -0.250. The molecule has 0 aromatic rings. The molecule has 0 aromatic carbocycles. The van der Waals surface area contributed by atoms with Crippen LogP contribution in [0.25, 0.3) is 0 Å². The first kappa shape index (κ1) is 11.8. The van der Waals surface area contributed by atoms with Crippen LogP contribution in [0, 0.1) is 0 Å². The van der Waals surface area contributed by atoms with Crippen molar-refractivity contribution in [3.63, 3.8) is 0 Å². The Bertz CT molecular complexity index is 144.